The molecule has 0 amide bonds. The van der Waals surface area contributed by atoms with Crippen molar-refractivity contribution in [3.8, 4) is 0 Å². The zero-order valence-electron chi connectivity index (χ0n) is 12.0. The molecule has 2 N–H and O–H groups in total. The first-order valence-electron chi connectivity index (χ1n) is 6.61. The van der Waals surface area contributed by atoms with E-state index in [1.54, 1.807) is 12.1 Å². The predicted molar refractivity (Wildman–Crippen MR) is 91.1 cm³/mol. The molecular weight excluding hydrogens is 372 g/mol. The van der Waals surface area contributed by atoms with E-state index in [1.165, 1.54) is 6.07 Å². The lowest BCUT2D eigenvalue weighted by atomic mass is 10.2. The summed E-state index contributed by atoms with van der Waals surface area (Å²) in [7, 11) is 0. The maximum absolute atomic E-state index is 13.4. The van der Waals surface area contributed by atoms with Crippen LogP contribution in [0, 0.1) is 5.82 Å². The molecule has 1 aromatic rings. The van der Waals surface area contributed by atoms with Crippen molar-refractivity contribution in [2.45, 2.75) is 20.4 Å². The second-order valence-electron chi connectivity index (χ2n) is 3.91. The summed E-state index contributed by atoms with van der Waals surface area (Å²) in [4.78, 5) is 4.34. The molecule has 0 unspecified atom stereocenters. The van der Waals surface area contributed by atoms with Gasteiger partial charge in [0.25, 0.3) is 0 Å². The second-order valence-corrected chi connectivity index (χ2v) is 3.91. The molecule has 0 bridgehead atoms. The smallest absolute Gasteiger partial charge is 0.191 e. The molecule has 0 spiro atoms. The Balaban J connectivity index is 0.00000361. The normalized spacial score (nSPS) is 10.8. The van der Waals surface area contributed by atoms with E-state index in [1.807, 2.05) is 19.9 Å². The van der Waals surface area contributed by atoms with Crippen molar-refractivity contribution in [3.05, 3.63) is 35.6 Å². The molecule has 0 atom stereocenters. The van der Waals surface area contributed by atoms with Crippen LogP contribution in [0.1, 0.15) is 19.4 Å². The van der Waals surface area contributed by atoms with Crippen LogP contribution in [0.4, 0.5) is 4.39 Å². The predicted octanol–water partition coefficient (Wildman–Crippen LogP) is 2.54. The van der Waals surface area contributed by atoms with Gasteiger partial charge in [-0.25, -0.2) is 9.38 Å². The SMILES string of the molecule is CCNC(=NCc1ccccc1F)NCCOCC.I. The first kappa shape index (κ1) is 19.1. The van der Waals surface area contributed by atoms with Gasteiger partial charge in [0.2, 0.25) is 0 Å². The molecule has 0 aliphatic carbocycles. The number of nitrogens with zero attached hydrogens (tertiary/aromatic N) is 1. The van der Waals surface area contributed by atoms with Crippen LogP contribution in [0.2, 0.25) is 0 Å². The van der Waals surface area contributed by atoms with Crippen molar-refractivity contribution in [1.29, 1.82) is 0 Å². The molecule has 1 rings (SSSR count). The van der Waals surface area contributed by atoms with Gasteiger partial charge in [-0.3, -0.25) is 0 Å². The zero-order valence-corrected chi connectivity index (χ0v) is 14.3. The first-order valence-corrected chi connectivity index (χ1v) is 6.61. The highest BCUT2D eigenvalue weighted by molar-refractivity contribution is 14.0. The largest absolute Gasteiger partial charge is 0.380 e. The molecular formula is C14H23FIN3O. The lowest BCUT2D eigenvalue weighted by molar-refractivity contribution is 0.152. The third-order valence-electron chi connectivity index (χ3n) is 2.45. The van der Waals surface area contributed by atoms with Crippen LogP contribution in [0.3, 0.4) is 0 Å². The molecule has 4 nitrogen and oxygen atoms in total. The fraction of sp³-hybridized carbons (Fsp3) is 0.500. The Kier molecular flexibility index (Phi) is 11.4. The molecule has 0 saturated carbocycles. The fourth-order valence-electron chi connectivity index (χ4n) is 1.52. The maximum atomic E-state index is 13.4. The minimum atomic E-state index is -0.226. The van der Waals surface area contributed by atoms with Gasteiger partial charge in [-0.2, -0.15) is 0 Å². The Morgan fingerprint density at radius 2 is 2.00 bits per heavy atom. The summed E-state index contributed by atoms with van der Waals surface area (Å²) in [5.74, 6) is 0.446. The van der Waals surface area contributed by atoms with Crippen molar-refractivity contribution < 1.29 is 9.13 Å². The van der Waals surface area contributed by atoms with Crippen LogP contribution in [-0.2, 0) is 11.3 Å². The molecule has 0 heterocycles. The number of rotatable bonds is 7. The summed E-state index contributed by atoms with van der Waals surface area (Å²) in [5, 5.41) is 6.25. The van der Waals surface area contributed by atoms with Gasteiger partial charge in [0.05, 0.1) is 13.2 Å². The van der Waals surface area contributed by atoms with Crippen molar-refractivity contribution in [2.24, 2.45) is 4.99 Å². The quantitative estimate of drug-likeness (QED) is 0.323. The second kappa shape index (κ2) is 11.9. The van der Waals surface area contributed by atoms with E-state index in [2.05, 4.69) is 15.6 Å². The van der Waals surface area contributed by atoms with Crippen LogP contribution in [0.25, 0.3) is 0 Å². The van der Waals surface area contributed by atoms with E-state index < -0.39 is 0 Å². The summed E-state index contributed by atoms with van der Waals surface area (Å²) < 4.78 is 18.7. The van der Waals surface area contributed by atoms with E-state index in [4.69, 9.17) is 4.74 Å². The molecule has 0 aliphatic rings. The minimum absolute atomic E-state index is 0. The van der Waals surface area contributed by atoms with Crippen LogP contribution in [-0.4, -0.2) is 32.3 Å². The monoisotopic (exact) mass is 395 g/mol. The third-order valence-corrected chi connectivity index (χ3v) is 2.45. The molecule has 0 fully saturated rings. The van der Waals surface area contributed by atoms with Crippen molar-refractivity contribution >= 4 is 29.9 Å². The van der Waals surface area contributed by atoms with Gasteiger partial charge in [0, 0.05) is 25.3 Å². The highest BCUT2D eigenvalue weighted by Gasteiger charge is 2.01. The molecule has 0 saturated heterocycles. The van der Waals surface area contributed by atoms with Gasteiger partial charge in [-0.05, 0) is 19.9 Å². The number of ether oxygens (including phenoxy) is 1. The number of guanidine groups is 1. The molecule has 1 aromatic carbocycles. The summed E-state index contributed by atoms with van der Waals surface area (Å²) in [6.07, 6.45) is 0. The molecule has 0 aromatic heterocycles. The summed E-state index contributed by atoms with van der Waals surface area (Å²) in [6.45, 7) is 7.02. The average Bonchev–Trinajstić information content (AvgIpc) is 2.42. The molecule has 0 radical (unpaired) electrons. The molecule has 0 aliphatic heterocycles. The van der Waals surface area contributed by atoms with Crippen LogP contribution < -0.4 is 10.6 Å². The van der Waals surface area contributed by atoms with E-state index in [0.717, 1.165) is 6.54 Å². The number of aliphatic imine (C=N–C) groups is 1. The fourth-order valence-corrected chi connectivity index (χ4v) is 1.52. The molecule has 114 valence electrons. The van der Waals surface area contributed by atoms with E-state index in [0.29, 0.717) is 37.8 Å². The number of hydrogen-bond donors (Lipinski definition) is 2. The number of nitrogens with one attached hydrogen (secondary N) is 2. The Hall–Kier alpha value is -0.890. The van der Waals surface area contributed by atoms with Crippen LogP contribution in [0.5, 0.6) is 0 Å². The van der Waals surface area contributed by atoms with E-state index in [-0.39, 0.29) is 29.8 Å². The highest BCUT2D eigenvalue weighted by atomic mass is 127. The Labute approximate surface area is 137 Å². The Bertz CT molecular complexity index is 402. The van der Waals surface area contributed by atoms with Gasteiger partial charge in [-0.15, -0.1) is 24.0 Å². The number of halogens is 2. The lowest BCUT2D eigenvalue weighted by Crippen LogP contribution is -2.39. The van der Waals surface area contributed by atoms with E-state index in [9.17, 15) is 4.39 Å². The third kappa shape index (κ3) is 7.64. The van der Waals surface area contributed by atoms with Crippen LogP contribution in [0.15, 0.2) is 29.3 Å². The van der Waals surface area contributed by atoms with Crippen molar-refractivity contribution in [1.82, 2.24) is 10.6 Å². The topological polar surface area (TPSA) is 45.7 Å². The van der Waals surface area contributed by atoms with Crippen molar-refractivity contribution in [2.75, 3.05) is 26.3 Å². The van der Waals surface area contributed by atoms with E-state index >= 15 is 0 Å². The zero-order chi connectivity index (χ0) is 13.9. The standard InChI is InChI=1S/C14H22FN3O.HI/c1-3-16-14(17-9-10-19-4-2)18-11-12-7-5-6-8-13(12)15;/h5-8H,3-4,9-11H2,1-2H3,(H2,16,17,18);1H. The number of benzene rings is 1. The van der Waals surface area contributed by atoms with Gasteiger partial charge in [0.15, 0.2) is 5.96 Å². The average molecular weight is 395 g/mol. The van der Waals surface area contributed by atoms with Gasteiger partial charge in [0.1, 0.15) is 5.82 Å². The Morgan fingerprint density at radius 1 is 1.25 bits per heavy atom. The summed E-state index contributed by atoms with van der Waals surface area (Å²) in [6, 6.07) is 6.67. The highest BCUT2D eigenvalue weighted by Crippen LogP contribution is 2.07. The maximum Gasteiger partial charge on any atom is 0.191 e. The molecule has 6 heteroatoms. The van der Waals surface area contributed by atoms with Gasteiger partial charge >= 0.3 is 0 Å². The number of hydrogen-bond acceptors (Lipinski definition) is 2. The minimum Gasteiger partial charge on any atom is -0.380 e. The van der Waals surface area contributed by atoms with Crippen LogP contribution >= 0.6 is 24.0 Å². The summed E-state index contributed by atoms with van der Waals surface area (Å²) in [5.41, 5.74) is 0.588. The first-order chi connectivity index (χ1) is 9.27. The van der Waals surface area contributed by atoms with Gasteiger partial charge < -0.3 is 15.4 Å². The Morgan fingerprint density at radius 3 is 2.65 bits per heavy atom. The summed E-state index contributed by atoms with van der Waals surface area (Å²) >= 11 is 0. The molecule has 20 heavy (non-hydrogen) atoms. The lowest BCUT2D eigenvalue weighted by Gasteiger charge is -2.11. The van der Waals surface area contributed by atoms with Gasteiger partial charge in [-0.1, -0.05) is 18.2 Å². The van der Waals surface area contributed by atoms with Crippen molar-refractivity contribution in [3.63, 3.8) is 0 Å².